The zero-order chi connectivity index (χ0) is 20.8. The van der Waals surface area contributed by atoms with Gasteiger partial charge < -0.3 is 5.32 Å². The predicted octanol–water partition coefficient (Wildman–Crippen LogP) is 2.87. The number of imide groups is 1. The minimum absolute atomic E-state index is 0.00278. The van der Waals surface area contributed by atoms with Gasteiger partial charge in [-0.2, -0.15) is 0 Å². The van der Waals surface area contributed by atoms with E-state index in [1.807, 2.05) is 42.6 Å². The van der Waals surface area contributed by atoms with Crippen LogP contribution in [0.5, 0.6) is 0 Å². The highest BCUT2D eigenvalue weighted by atomic mass is 35.5. The number of nitrogens with one attached hydrogen (secondary N) is 2. The number of benzene rings is 1. The minimum atomic E-state index is -0.541. The number of hydrogen-bond acceptors (Lipinski definition) is 6. The van der Waals surface area contributed by atoms with E-state index in [4.69, 9.17) is 11.6 Å². The van der Waals surface area contributed by atoms with Gasteiger partial charge in [-0.25, -0.2) is 4.79 Å². The van der Waals surface area contributed by atoms with E-state index in [0.29, 0.717) is 16.7 Å². The van der Waals surface area contributed by atoms with Crippen LogP contribution < -0.4 is 10.6 Å². The molecule has 0 aliphatic rings. The third-order valence-electron chi connectivity index (χ3n) is 4.12. The lowest BCUT2D eigenvalue weighted by molar-refractivity contribution is -0.119. The Labute approximate surface area is 174 Å². The second kappa shape index (κ2) is 9.90. The van der Waals surface area contributed by atoms with Gasteiger partial charge in [0.1, 0.15) is 0 Å². The maximum Gasteiger partial charge on any atom is 0.321 e. The molecule has 0 radical (unpaired) electrons. The summed E-state index contributed by atoms with van der Waals surface area (Å²) >= 11 is 7.25. The van der Waals surface area contributed by atoms with Gasteiger partial charge in [0.2, 0.25) is 5.91 Å². The van der Waals surface area contributed by atoms with Crippen molar-refractivity contribution in [1.82, 2.24) is 30.3 Å². The summed E-state index contributed by atoms with van der Waals surface area (Å²) in [6, 6.07) is 6.82. The summed E-state index contributed by atoms with van der Waals surface area (Å²) in [7, 11) is 3.92. The van der Waals surface area contributed by atoms with Crippen molar-refractivity contribution in [2.45, 2.75) is 37.2 Å². The number of amides is 3. The molecular weight excluding hydrogens is 400 g/mol. The van der Waals surface area contributed by atoms with Gasteiger partial charge in [0.15, 0.2) is 11.0 Å². The third kappa shape index (κ3) is 5.46. The summed E-state index contributed by atoms with van der Waals surface area (Å²) in [6.45, 7) is 5.97. The van der Waals surface area contributed by atoms with Gasteiger partial charge in [-0.15, -0.1) is 10.2 Å². The molecule has 2 aromatic rings. The molecule has 1 aromatic carbocycles. The van der Waals surface area contributed by atoms with Crippen LogP contribution in [0.4, 0.5) is 4.79 Å². The number of halogens is 1. The van der Waals surface area contributed by atoms with E-state index in [1.165, 1.54) is 11.8 Å². The first-order chi connectivity index (χ1) is 13.2. The molecule has 0 aliphatic carbocycles. The minimum Gasteiger partial charge on any atom is -0.338 e. The Balaban J connectivity index is 2.32. The van der Waals surface area contributed by atoms with Crippen LogP contribution in [0.15, 0.2) is 29.4 Å². The average molecular weight is 425 g/mol. The van der Waals surface area contributed by atoms with Crippen molar-refractivity contribution in [3.63, 3.8) is 0 Å². The SMILES string of the molecule is CCNC(=O)NC(=O)C(C)Sc1nnc(C(C)N(C)C)n1-c1ccc(Cl)cc1. The number of urea groups is 1. The van der Waals surface area contributed by atoms with Crippen LogP contribution in [0.3, 0.4) is 0 Å². The first-order valence-corrected chi connectivity index (χ1v) is 10.1. The lowest BCUT2D eigenvalue weighted by Gasteiger charge is -2.21. The molecule has 0 aliphatic heterocycles. The zero-order valence-electron chi connectivity index (χ0n) is 16.6. The summed E-state index contributed by atoms with van der Waals surface area (Å²) in [5.74, 6) is 0.343. The van der Waals surface area contributed by atoms with E-state index in [-0.39, 0.29) is 6.04 Å². The van der Waals surface area contributed by atoms with Crippen LogP contribution in [-0.2, 0) is 4.79 Å². The molecular formula is C18H25ClN6O2S. The fourth-order valence-electron chi connectivity index (χ4n) is 2.32. The van der Waals surface area contributed by atoms with E-state index < -0.39 is 17.2 Å². The highest BCUT2D eigenvalue weighted by molar-refractivity contribution is 8.00. The van der Waals surface area contributed by atoms with Gasteiger partial charge in [-0.1, -0.05) is 23.4 Å². The second-order valence-electron chi connectivity index (χ2n) is 6.40. The Morgan fingerprint density at radius 2 is 1.86 bits per heavy atom. The molecule has 1 aromatic heterocycles. The Morgan fingerprint density at radius 1 is 1.21 bits per heavy atom. The van der Waals surface area contributed by atoms with Crippen molar-refractivity contribution in [1.29, 1.82) is 0 Å². The number of rotatable bonds is 7. The first kappa shape index (κ1) is 22.2. The summed E-state index contributed by atoms with van der Waals surface area (Å²) in [5, 5.41) is 14.1. The molecule has 152 valence electrons. The van der Waals surface area contributed by atoms with Crippen molar-refractivity contribution in [2.75, 3.05) is 20.6 Å². The third-order valence-corrected chi connectivity index (χ3v) is 5.41. The lowest BCUT2D eigenvalue weighted by atomic mass is 10.2. The fourth-order valence-corrected chi connectivity index (χ4v) is 3.32. The Hall–Kier alpha value is -2.10. The molecule has 8 nitrogen and oxygen atoms in total. The van der Waals surface area contributed by atoms with Crippen LogP contribution in [0.25, 0.3) is 5.69 Å². The molecule has 0 bridgehead atoms. The Bertz CT molecular complexity index is 824. The average Bonchev–Trinajstić information content (AvgIpc) is 3.05. The summed E-state index contributed by atoms with van der Waals surface area (Å²) in [6.07, 6.45) is 0. The van der Waals surface area contributed by atoms with Crippen molar-refractivity contribution in [2.24, 2.45) is 0 Å². The number of thioether (sulfide) groups is 1. The topological polar surface area (TPSA) is 92.2 Å². The number of carbonyl (C=O) groups excluding carboxylic acids is 2. The van der Waals surface area contributed by atoms with E-state index in [9.17, 15) is 9.59 Å². The number of hydrogen-bond donors (Lipinski definition) is 2. The number of carbonyl (C=O) groups is 2. The smallest absolute Gasteiger partial charge is 0.321 e. The largest absolute Gasteiger partial charge is 0.338 e. The van der Waals surface area contributed by atoms with Gasteiger partial charge >= 0.3 is 6.03 Å². The van der Waals surface area contributed by atoms with Gasteiger partial charge in [-0.05, 0) is 59.1 Å². The maximum absolute atomic E-state index is 12.3. The fraction of sp³-hybridized carbons (Fsp3) is 0.444. The number of nitrogens with zero attached hydrogens (tertiary/aromatic N) is 4. The molecule has 2 unspecified atom stereocenters. The highest BCUT2D eigenvalue weighted by Crippen LogP contribution is 2.29. The lowest BCUT2D eigenvalue weighted by Crippen LogP contribution is -2.42. The van der Waals surface area contributed by atoms with Crippen molar-refractivity contribution in [3.8, 4) is 5.69 Å². The molecule has 0 saturated heterocycles. The van der Waals surface area contributed by atoms with E-state index in [2.05, 4.69) is 20.8 Å². The van der Waals surface area contributed by atoms with Crippen LogP contribution >= 0.6 is 23.4 Å². The van der Waals surface area contributed by atoms with Gasteiger partial charge in [0.05, 0.1) is 11.3 Å². The van der Waals surface area contributed by atoms with Crippen LogP contribution in [0.1, 0.15) is 32.6 Å². The molecule has 2 N–H and O–H groups in total. The maximum atomic E-state index is 12.3. The first-order valence-electron chi connectivity index (χ1n) is 8.87. The quantitative estimate of drug-likeness (QED) is 0.664. The van der Waals surface area contributed by atoms with Gasteiger partial charge in [0.25, 0.3) is 0 Å². The molecule has 0 spiro atoms. The molecule has 2 atom stereocenters. The monoisotopic (exact) mass is 424 g/mol. The molecule has 0 fully saturated rings. The summed E-state index contributed by atoms with van der Waals surface area (Å²) in [4.78, 5) is 25.9. The van der Waals surface area contributed by atoms with Crippen LogP contribution in [0, 0.1) is 0 Å². The molecule has 28 heavy (non-hydrogen) atoms. The van der Waals surface area contributed by atoms with E-state index >= 15 is 0 Å². The molecule has 10 heteroatoms. The second-order valence-corrected chi connectivity index (χ2v) is 8.15. The summed E-state index contributed by atoms with van der Waals surface area (Å²) in [5.41, 5.74) is 0.844. The standard InChI is InChI=1S/C18H25ClN6O2S/c1-6-20-17(27)21-16(26)12(3)28-18-23-22-15(11(2)24(4)5)25(18)14-9-7-13(19)8-10-14/h7-12H,6H2,1-5H3,(H2,20,21,26,27). The normalized spacial score (nSPS) is 13.2. The molecule has 0 saturated carbocycles. The Kier molecular flexibility index (Phi) is 7.85. The zero-order valence-corrected chi connectivity index (χ0v) is 18.1. The van der Waals surface area contributed by atoms with Crippen LogP contribution in [0.2, 0.25) is 5.02 Å². The predicted molar refractivity (Wildman–Crippen MR) is 111 cm³/mol. The van der Waals surface area contributed by atoms with E-state index in [1.54, 1.807) is 26.0 Å². The van der Waals surface area contributed by atoms with Crippen molar-refractivity contribution < 1.29 is 9.59 Å². The van der Waals surface area contributed by atoms with E-state index in [0.717, 1.165) is 11.5 Å². The molecule has 1 heterocycles. The van der Waals surface area contributed by atoms with Gasteiger partial charge in [-0.3, -0.25) is 19.6 Å². The van der Waals surface area contributed by atoms with Gasteiger partial charge in [0, 0.05) is 17.3 Å². The Morgan fingerprint density at radius 3 is 2.43 bits per heavy atom. The van der Waals surface area contributed by atoms with Crippen molar-refractivity contribution in [3.05, 3.63) is 35.1 Å². The van der Waals surface area contributed by atoms with Crippen LogP contribution in [-0.4, -0.2) is 57.5 Å². The molecule has 2 rings (SSSR count). The summed E-state index contributed by atoms with van der Waals surface area (Å²) < 4.78 is 1.90. The van der Waals surface area contributed by atoms with Crippen molar-refractivity contribution >= 4 is 35.3 Å². The number of aromatic nitrogens is 3. The highest BCUT2D eigenvalue weighted by Gasteiger charge is 2.25. The molecule has 3 amide bonds.